The average molecular weight is 352 g/mol. The van der Waals surface area contributed by atoms with E-state index in [2.05, 4.69) is 40.1 Å². The van der Waals surface area contributed by atoms with Crippen molar-refractivity contribution < 1.29 is 4.74 Å². The summed E-state index contributed by atoms with van der Waals surface area (Å²) in [6.07, 6.45) is 2.64. The van der Waals surface area contributed by atoms with Gasteiger partial charge in [0.1, 0.15) is 6.10 Å². The van der Waals surface area contributed by atoms with Crippen molar-refractivity contribution in [2.45, 2.75) is 39.0 Å². The third-order valence-electron chi connectivity index (χ3n) is 3.38. The number of aryl methyl sites for hydroxylation is 1. The lowest BCUT2D eigenvalue weighted by Crippen LogP contribution is -2.25. The van der Waals surface area contributed by atoms with Gasteiger partial charge in [0.15, 0.2) is 0 Å². The van der Waals surface area contributed by atoms with Gasteiger partial charge >= 0.3 is 0 Å². The van der Waals surface area contributed by atoms with Crippen LogP contribution in [0.1, 0.15) is 43.7 Å². The van der Waals surface area contributed by atoms with Crippen molar-refractivity contribution in [3.63, 3.8) is 0 Å². The first kappa shape index (κ1) is 16.2. The van der Waals surface area contributed by atoms with E-state index in [0.717, 1.165) is 28.7 Å². The molecule has 0 bridgehead atoms. The van der Waals surface area contributed by atoms with E-state index in [-0.39, 0.29) is 12.1 Å². The quantitative estimate of drug-likeness (QED) is 0.824. The lowest BCUT2D eigenvalue weighted by Gasteiger charge is -2.25. The molecule has 0 aliphatic carbocycles. The van der Waals surface area contributed by atoms with Crippen LogP contribution in [0, 0.1) is 0 Å². The van der Waals surface area contributed by atoms with Crippen molar-refractivity contribution in [3.8, 4) is 0 Å². The zero-order valence-corrected chi connectivity index (χ0v) is 14.1. The van der Waals surface area contributed by atoms with E-state index in [1.807, 2.05) is 29.8 Å². The number of nitrogens with two attached hydrogens (primary N) is 1. The Morgan fingerprint density at radius 3 is 2.62 bits per heavy atom. The summed E-state index contributed by atoms with van der Waals surface area (Å²) in [4.78, 5) is 0. The molecule has 0 amide bonds. The molecule has 0 fully saturated rings. The number of aromatic nitrogens is 2. The first-order valence-electron chi connectivity index (χ1n) is 7.32. The van der Waals surface area contributed by atoms with Crippen LogP contribution in [0.5, 0.6) is 0 Å². The summed E-state index contributed by atoms with van der Waals surface area (Å²) in [5.41, 5.74) is 8.59. The summed E-state index contributed by atoms with van der Waals surface area (Å²) >= 11 is 3.56. The Labute approximate surface area is 134 Å². The molecule has 2 aromatic rings. The van der Waals surface area contributed by atoms with Gasteiger partial charge in [0.25, 0.3) is 0 Å². The summed E-state index contributed by atoms with van der Waals surface area (Å²) in [6, 6.07) is 9.84. The maximum atomic E-state index is 6.52. The molecule has 2 rings (SSSR count). The number of hydrogen-bond donors (Lipinski definition) is 1. The molecule has 1 aromatic heterocycles. The second-order valence-electron chi connectivity index (χ2n) is 4.91. The SMILES string of the molecule is CCCn1ncc(Br)c1C(N)C(OCC)c1ccccc1. The van der Waals surface area contributed by atoms with Gasteiger partial charge in [0.05, 0.1) is 22.4 Å². The van der Waals surface area contributed by atoms with E-state index in [9.17, 15) is 0 Å². The van der Waals surface area contributed by atoms with E-state index >= 15 is 0 Å². The van der Waals surface area contributed by atoms with Crippen molar-refractivity contribution in [3.05, 3.63) is 52.3 Å². The predicted octanol–water partition coefficient (Wildman–Crippen LogP) is 3.83. The van der Waals surface area contributed by atoms with Gasteiger partial charge in [-0.3, -0.25) is 4.68 Å². The smallest absolute Gasteiger partial charge is 0.103 e. The van der Waals surface area contributed by atoms with Crippen molar-refractivity contribution in [1.29, 1.82) is 0 Å². The molecule has 1 aromatic carbocycles. The van der Waals surface area contributed by atoms with Gasteiger partial charge in [-0.2, -0.15) is 5.10 Å². The zero-order chi connectivity index (χ0) is 15.2. The predicted molar refractivity (Wildman–Crippen MR) is 88.0 cm³/mol. The molecule has 4 nitrogen and oxygen atoms in total. The van der Waals surface area contributed by atoms with Gasteiger partial charge in [-0.15, -0.1) is 0 Å². The largest absolute Gasteiger partial charge is 0.372 e. The fourth-order valence-corrected chi connectivity index (χ4v) is 3.03. The van der Waals surface area contributed by atoms with Crippen LogP contribution in [-0.4, -0.2) is 16.4 Å². The number of rotatable bonds is 7. The molecule has 2 N–H and O–H groups in total. The molecule has 114 valence electrons. The molecule has 0 spiro atoms. The van der Waals surface area contributed by atoms with Gasteiger partial charge in [-0.25, -0.2) is 0 Å². The van der Waals surface area contributed by atoms with Gasteiger partial charge < -0.3 is 10.5 Å². The summed E-state index contributed by atoms with van der Waals surface area (Å²) < 4.78 is 8.81. The molecule has 21 heavy (non-hydrogen) atoms. The number of nitrogens with zero attached hydrogens (tertiary/aromatic N) is 2. The molecule has 1 heterocycles. The molecule has 5 heteroatoms. The summed E-state index contributed by atoms with van der Waals surface area (Å²) in [7, 11) is 0. The lowest BCUT2D eigenvalue weighted by molar-refractivity contribution is 0.0406. The molecular formula is C16H22BrN3O. The maximum Gasteiger partial charge on any atom is 0.103 e. The first-order chi connectivity index (χ1) is 10.2. The normalized spacial score (nSPS) is 14.1. The van der Waals surface area contributed by atoms with Crippen LogP contribution in [0.4, 0.5) is 0 Å². The molecule has 0 saturated heterocycles. The van der Waals surface area contributed by atoms with Gasteiger partial charge in [0, 0.05) is 13.2 Å². The van der Waals surface area contributed by atoms with E-state index in [1.165, 1.54) is 0 Å². The summed E-state index contributed by atoms with van der Waals surface area (Å²) in [5.74, 6) is 0. The number of ether oxygens (including phenoxy) is 1. The maximum absolute atomic E-state index is 6.52. The van der Waals surface area contributed by atoms with E-state index in [1.54, 1.807) is 6.20 Å². The Morgan fingerprint density at radius 1 is 1.29 bits per heavy atom. The monoisotopic (exact) mass is 351 g/mol. The molecule has 0 aliphatic rings. The third-order valence-corrected chi connectivity index (χ3v) is 4.00. The van der Waals surface area contributed by atoms with Crippen LogP contribution in [0.15, 0.2) is 41.0 Å². The van der Waals surface area contributed by atoms with Crippen molar-refractivity contribution >= 4 is 15.9 Å². The summed E-state index contributed by atoms with van der Waals surface area (Å²) in [5, 5.41) is 4.40. The minimum absolute atomic E-state index is 0.181. The first-order valence-corrected chi connectivity index (χ1v) is 8.11. The van der Waals surface area contributed by atoms with Crippen LogP contribution >= 0.6 is 15.9 Å². The van der Waals surface area contributed by atoms with Crippen molar-refractivity contribution in [2.75, 3.05) is 6.61 Å². The van der Waals surface area contributed by atoms with Crippen LogP contribution < -0.4 is 5.73 Å². The number of hydrogen-bond acceptors (Lipinski definition) is 3. The highest BCUT2D eigenvalue weighted by Gasteiger charge is 2.26. The minimum Gasteiger partial charge on any atom is -0.372 e. The molecule has 2 atom stereocenters. The minimum atomic E-state index is -0.268. The molecule has 2 unspecified atom stereocenters. The number of halogens is 1. The van der Waals surface area contributed by atoms with Gasteiger partial charge in [-0.05, 0) is 34.8 Å². The molecule has 0 aliphatic heterocycles. The second kappa shape index (κ2) is 7.73. The van der Waals surface area contributed by atoms with Crippen LogP contribution in [0.3, 0.4) is 0 Å². The standard InChI is InChI=1S/C16H22BrN3O/c1-3-10-20-15(13(17)11-19-20)14(18)16(21-4-2)12-8-6-5-7-9-12/h5-9,11,14,16H,3-4,10,18H2,1-2H3. The van der Waals surface area contributed by atoms with E-state index in [0.29, 0.717) is 6.61 Å². The number of benzene rings is 1. The van der Waals surface area contributed by atoms with Gasteiger partial charge in [-0.1, -0.05) is 37.3 Å². The molecular weight excluding hydrogens is 330 g/mol. The van der Waals surface area contributed by atoms with Crippen LogP contribution in [0.2, 0.25) is 0 Å². The lowest BCUT2D eigenvalue weighted by atomic mass is 10.00. The highest BCUT2D eigenvalue weighted by atomic mass is 79.9. The fraction of sp³-hybridized carbons (Fsp3) is 0.438. The van der Waals surface area contributed by atoms with Crippen LogP contribution in [-0.2, 0) is 11.3 Å². The van der Waals surface area contributed by atoms with Crippen molar-refractivity contribution in [2.24, 2.45) is 5.73 Å². The highest BCUT2D eigenvalue weighted by Crippen LogP contribution is 2.33. The van der Waals surface area contributed by atoms with Crippen molar-refractivity contribution in [1.82, 2.24) is 9.78 Å². The Kier molecular flexibility index (Phi) is 5.96. The average Bonchev–Trinajstić information content (AvgIpc) is 2.86. The zero-order valence-electron chi connectivity index (χ0n) is 12.5. The Bertz CT molecular complexity index is 556. The Morgan fingerprint density at radius 2 is 2.00 bits per heavy atom. The Balaban J connectivity index is 2.35. The highest BCUT2D eigenvalue weighted by molar-refractivity contribution is 9.10. The fourth-order valence-electron chi connectivity index (χ4n) is 2.47. The van der Waals surface area contributed by atoms with Crippen LogP contribution in [0.25, 0.3) is 0 Å². The molecule has 0 radical (unpaired) electrons. The van der Waals surface area contributed by atoms with Gasteiger partial charge in [0.2, 0.25) is 0 Å². The topological polar surface area (TPSA) is 53.1 Å². The Hall–Kier alpha value is -1.17. The van der Waals surface area contributed by atoms with E-state index in [4.69, 9.17) is 10.5 Å². The summed E-state index contributed by atoms with van der Waals surface area (Å²) in [6.45, 7) is 5.58. The second-order valence-corrected chi connectivity index (χ2v) is 5.77. The third kappa shape index (κ3) is 3.73. The van der Waals surface area contributed by atoms with E-state index < -0.39 is 0 Å². The molecule has 0 saturated carbocycles.